The molecule has 1 unspecified atom stereocenters. The first-order valence-electron chi connectivity index (χ1n) is 7.55. The molecule has 0 spiro atoms. The summed E-state index contributed by atoms with van der Waals surface area (Å²) in [5.41, 5.74) is 1.26. The third-order valence-corrected chi connectivity index (χ3v) is 4.25. The van der Waals surface area contributed by atoms with Gasteiger partial charge in [0.25, 0.3) is 0 Å². The highest BCUT2D eigenvalue weighted by molar-refractivity contribution is 5.44. The van der Waals surface area contributed by atoms with E-state index in [1.165, 1.54) is 25.1 Å². The van der Waals surface area contributed by atoms with Gasteiger partial charge in [0.2, 0.25) is 6.79 Å². The zero-order valence-corrected chi connectivity index (χ0v) is 12.4. The van der Waals surface area contributed by atoms with Crippen LogP contribution < -0.4 is 14.8 Å². The number of ether oxygens (including phenoxy) is 2. The predicted molar refractivity (Wildman–Crippen MR) is 79.1 cm³/mol. The molecule has 1 N–H and O–H groups in total. The maximum Gasteiger partial charge on any atom is 0.231 e. The van der Waals surface area contributed by atoms with Crippen molar-refractivity contribution in [2.75, 3.05) is 26.4 Å². The molecule has 4 heteroatoms. The van der Waals surface area contributed by atoms with Crippen LogP contribution in [-0.4, -0.2) is 37.4 Å². The summed E-state index contributed by atoms with van der Waals surface area (Å²) in [5, 5.41) is 3.57. The van der Waals surface area contributed by atoms with E-state index in [-0.39, 0.29) is 0 Å². The zero-order valence-electron chi connectivity index (χ0n) is 12.4. The summed E-state index contributed by atoms with van der Waals surface area (Å²) in [6.07, 6.45) is 1.31. The molecule has 110 valence electrons. The number of hydrogen-bond acceptors (Lipinski definition) is 4. The summed E-state index contributed by atoms with van der Waals surface area (Å²) in [5.74, 6) is 2.51. The van der Waals surface area contributed by atoms with Crippen LogP contribution in [0.3, 0.4) is 0 Å². The van der Waals surface area contributed by atoms with Gasteiger partial charge in [-0.3, -0.25) is 0 Å². The number of rotatable bonds is 5. The lowest BCUT2D eigenvalue weighted by molar-refractivity contribution is 0.174. The Morgan fingerprint density at radius 3 is 2.95 bits per heavy atom. The Morgan fingerprint density at radius 2 is 2.15 bits per heavy atom. The van der Waals surface area contributed by atoms with Crippen molar-refractivity contribution in [3.63, 3.8) is 0 Å². The third-order valence-electron chi connectivity index (χ3n) is 4.25. The molecule has 2 aliphatic rings. The first-order chi connectivity index (χ1) is 9.72. The SMILES string of the molecule is CC(C)N1CCC(CNCc2ccc3c(c2)OCO3)C1. The van der Waals surface area contributed by atoms with Crippen LogP contribution in [0, 0.1) is 5.92 Å². The second-order valence-electron chi connectivity index (χ2n) is 6.06. The molecule has 0 bridgehead atoms. The van der Waals surface area contributed by atoms with Crippen LogP contribution >= 0.6 is 0 Å². The lowest BCUT2D eigenvalue weighted by Crippen LogP contribution is -2.30. The van der Waals surface area contributed by atoms with E-state index < -0.39 is 0 Å². The Balaban J connectivity index is 1.44. The first-order valence-corrected chi connectivity index (χ1v) is 7.55. The molecule has 1 saturated heterocycles. The second kappa shape index (κ2) is 6.02. The van der Waals surface area contributed by atoms with E-state index in [1.807, 2.05) is 6.07 Å². The Kier molecular flexibility index (Phi) is 4.13. The van der Waals surface area contributed by atoms with E-state index in [9.17, 15) is 0 Å². The van der Waals surface area contributed by atoms with Gasteiger partial charge < -0.3 is 19.7 Å². The molecule has 0 aromatic heterocycles. The first kappa shape index (κ1) is 13.7. The number of hydrogen-bond donors (Lipinski definition) is 1. The average Bonchev–Trinajstić information content (AvgIpc) is 3.06. The van der Waals surface area contributed by atoms with Gasteiger partial charge in [0, 0.05) is 19.1 Å². The fraction of sp³-hybridized carbons (Fsp3) is 0.625. The summed E-state index contributed by atoms with van der Waals surface area (Å²) in [7, 11) is 0. The molecule has 0 saturated carbocycles. The lowest BCUT2D eigenvalue weighted by atomic mass is 10.1. The monoisotopic (exact) mass is 276 g/mol. The Bertz CT molecular complexity index is 462. The summed E-state index contributed by atoms with van der Waals surface area (Å²) < 4.78 is 10.7. The smallest absolute Gasteiger partial charge is 0.231 e. The number of nitrogens with zero attached hydrogens (tertiary/aromatic N) is 1. The van der Waals surface area contributed by atoms with Crippen molar-refractivity contribution < 1.29 is 9.47 Å². The molecule has 1 aromatic carbocycles. The number of nitrogens with one attached hydrogen (secondary N) is 1. The van der Waals surface area contributed by atoms with Crippen LogP contribution in [0.2, 0.25) is 0 Å². The van der Waals surface area contributed by atoms with Crippen LogP contribution in [0.5, 0.6) is 11.5 Å². The van der Waals surface area contributed by atoms with Crippen molar-refractivity contribution >= 4 is 0 Å². The fourth-order valence-electron chi connectivity index (χ4n) is 2.97. The molecule has 1 atom stereocenters. The quantitative estimate of drug-likeness (QED) is 0.894. The summed E-state index contributed by atoms with van der Waals surface area (Å²) >= 11 is 0. The average molecular weight is 276 g/mol. The van der Waals surface area contributed by atoms with E-state index in [4.69, 9.17) is 9.47 Å². The van der Waals surface area contributed by atoms with Gasteiger partial charge in [-0.1, -0.05) is 6.07 Å². The van der Waals surface area contributed by atoms with Crippen LogP contribution in [0.4, 0.5) is 0 Å². The molecule has 4 nitrogen and oxygen atoms in total. The van der Waals surface area contributed by atoms with Gasteiger partial charge in [0.15, 0.2) is 11.5 Å². The minimum atomic E-state index is 0.347. The molecule has 2 aliphatic heterocycles. The molecule has 20 heavy (non-hydrogen) atoms. The van der Waals surface area contributed by atoms with E-state index in [0.717, 1.165) is 30.5 Å². The molecule has 2 heterocycles. The van der Waals surface area contributed by atoms with Gasteiger partial charge in [0.05, 0.1) is 0 Å². The van der Waals surface area contributed by atoms with Crippen molar-refractivity contribution in [1.29, 1.82) is 0 Å². The van der Waals surface area contributed by atoms with Crippen molar-refractivity contribution in [2.24, 2.45) is 5.92 Å². The Morgan fingerprint density at radius 1 is 1.30 bits per heavy atom. The number of fused-ring (bicyclic) bond motifs is 1. The van der Waals surface area contributed by atoms with E-state index in [0.29, 0.717) is 12.8 Å². The number of likely N-dealkylation sites (tertiary alicyclic amines) is 1. The number of benzene rings is 1. The maximum absolute atomic E-state index is 5.40. The van der Waals surface area contributed by atoms with Gasteiger partial charge in [-0.15, -0.1) is 0 Å². The molecular weight excluding hydrogens is 252 g/mol. The van der Waals surface area contributed by atoms with Gasteiger partial charge in [-0.05, 0) is 57.0 Å². The highest BCUT2D eigenvalue weighted by Crippen LogP contribution is 2.32. The highest BCUT2D eigenvalue weighted by Gasteiger charge is 2.23. The van der Waals surface area contributed by atoms with Crippen molar-refractivity contribution in [1.82, 2.24) is 10.2 Å². The normalized spacial score (nSPS) is 21.9. The largest absolute Gasteiger partial charge is 0.454 e. The van der Waals surface area contributed by atoms with E-state index in [1.54, 1.807) is 0 Å². The standard InChI is InChI=1S/C16H24N2O2/c1-12(2)18-6-5-14(10-18)9-17-8-13-3-4-15-16(7-13)20-11-19-15/h3-4,7,12,14,17H,5-6,8-11H2,1-2H3. The van der Waals surface area contributed by atoms with Crippen LogP contribution in [0.15, 0.2) is 18.2 Å². The van der Waals surface area contributed by atoms with Gasteiger partial charge in [-0.25, -0.2) is 0 Å². The fourth-order valence-corrected chi connectivity index (χ4v) is 2.97. The van der Waals surface area contributed by atoms with Gasteiger partial charge >= 0.3 is 0 Å². The molecule has 0 amide bonds. The van der Waals surface area contributed by atoms with Gasteiger partial charge in [0.1, 0.15) is 0 Å². The Labute approximate surface area is 121 Å². The van der Waals surface area contributed by atoms with Crippen molar-refractivity contribution in [2.45, 2.75) is 32.9 Å². The van der Waals surface area contributed by atoms with Crippen molar-refractivity contribution in [3.8, 4) is 11.5 Å². The minimum Gasteiger partial charge on any atom is -0.454 e. The summed E-state index contributed by atoms with van der Waals surface area (Å²) in [6.45, 7) is 9.37. The minimum absolute atomic E-state index is 0.347. The molecule has 0 aliphatic carbocycles. The highest BCUT2D eigenvalue weighted by atomic mass is 16.7. The van der Waals surface area contributed by atoms with Crippen molar-refractivity contribution in [3.05, 3.63) is 23.8 Å². The topological polar surface area (TPSA) is 33.7 Å². The maximum atomic E-state index is 5.40. The molecule has 3 rings (SSSR count). The van der Waals surface area contributed by atoms with Crippen LogP contribution in [-0.2, 0) is 6.54 Å². The van der Waals surface area contributed by atoms with Crippen LogP contribution in [0.25, 0.3) is 0 Å². The summed E-state index contributed by atoms with van der Waals surface area (Å²) in [4.78, 5) is 2.56. The van der Waals surface area contributed by atoms with E-state index in [2.05, 4.69) is 36.2 Å². The van der Waals surface area contributed by atoms with Crippen LogP contribution in [0.1, 0.15) is 25.8 Å². The molecule has 0 radical (unpaired) electrons. The lowest BCUT2D eigenvalue weighted by Gasteiger charge is -2.20. The second-order valence-corrected chi connectivity index (χ2v) is 6.06. The molecular formula is C16H24N2O2. The predicted octanol–water partition coefficient (Wildman–Crippen LogP) is 2.24. The molecule has 1 aromatic rings. The third kappa shape index (κ3) is 3.07. The van der Waals surface area contributed by atoms with E-state index >= 15 is 0 Å². The zero-order chi connectivity index (χ0) is 13.9. The van der Waals surface area contributed by atoms with Gasteiger partial charge in [-0.2, -0.15) is 0 Å². The summed E-state index contributed by atoms with van der Waals surface area (Å²) in [6, 6.07) is 6.85. The molecule has 1 fully saturated rings. The Hall–Kier alpha value is -1.26.